The van der Waals surface area contributed by atoms with Gasteiger partial charge < -0.3 is 4.74 Å². The summed E-state index contributed by atoms with van der Waals surface area (Å²) in [5.74, 6) is -0.0706. The summed E-state index contributed by atoms with van der Waals surface area (Å²) in [6.45, 7) is 5.36. The van der Waals surface area contributed by atoms with Gasteiger partial charge in [0, 0.05) is 12.2 Å². The number of sulfone groups is 1. The highest BCUT2D eigenvalue weighted by Crippen LogP contribution is 2.01. The maximum Gasteiger partial charge on any atom is 0.306 e. The lowest BCUT2D eigenvalue weighted by atomic mass is 10.1. The number of hydrogen-bond donors (Lipinski definition) is 0. The lowest BCUT2D eigenvalue weighted by Crippen LogP contribution is -2.17. The third-order valence-corrected chi connectivity index (χ3v) is 3.34. The highest BCUT2D eigenvalue weighted by atomic mass is 32.2. The minimum atomic E-state index is -3.02. The molecule has 4 nitrogen and oxygen atoms in total. The van der Waals surface area contributed by atoms with Crippen LogP contribution in [-0.2, 0) is 19.4 Å². The molecule has 0 aromatic rings. The predicted molar refractivity (Wildman–Crippen MR) is 54.7 cm³/mol. The van der Waals surface area contributed by atoms with E-state index < -0.39 is 9.84 Å². The average Bonchev–Trinajstić information content (AvgIpc) is 2.02. The number of hydrogen-bond acceptors (Lipinski definition) is 4. The van der Waals surface area contributed by atoms with Gasteiger partial charge in [0.25, 0.3) is 0 Å². The van der Waals surface area contributed by atoms with Gasteiger partial charge in [-0.25, -0.2) is 8.42 Å². The first-order chi connectivity index (χ1) is 6.37. The second kappa shape index (κ2) is 6.01. The van der Waals surface area contributed by atoms with Crippen LogP contribution >= 0.6 is 0 Å². The number of ether oxygens (including phenoxy) is 1. The van der Waals surface area contributed by atoms with E-state index in [2.05, 4.69) is 0 Å². The van der Waals surface area contributed by atoms with Gasteiger partial charge in [-0.1, -0.05) is 20.8 Å². The molecule has 5 heteroatoms. The second-order valence-corrected chi connectivity index (χ2v) is 6.03. The van der Waals surface area contributed by atoms with Gasteiger partial charge in [-0.05, 0) is 5.92 Å². The maximum absolute atomic E-state index is 11.0. The van der Waals surface area contributed by atoms with Crippen LogP contribution in [0.15, 0.2) is 0 Å². The predicted octanol–water partition coefficient (Wildman–Crippen LogP) is 1.01. The van der Waals surface area contributed by atoms with Crippen LogP contribution in [0.4, 0.5) is 0 Å². The molecule has 0 aromatic carbocycles. The van der Waals surface area contributed by atoms with Crippen molar-refractivity contribution in [3.8, 4) is 0 Å². The van der Waals surface area contributed by atoms with Crippen LogP contribution in [0.5, 0.6) is 0 Å². The Bertz CT molecular complexity index is 267. The lowest BCUT2D eigenvalue weighted by Gasteiger charge is -2.06. The first-order valence-electron chi connectivity index (χ1n) is 4.73. The van der Waals surface area contributed by atoms with E-state index in [-0.39, 0.29) is 30.0 Å². The Morgan fingerprint density at radius 1 is 1.36 bits per heavy atom. The zero-order valence-corrected chi connectivity index (χ0v) is 9.76. The molecule has 0 aliphatic rings. The van der Waals surface area contributed by atoms with Crippen molar-refractivity contribution in [2.24, 2.45) is 5.92 Å². The van der Waals surface area contributed by atoms with E-state index in [0.717, 1.165) is 0 Å². The van der Waals surface area contributed by atoms with Gasteiger partial charge in [0.15, 0.2) is 9.84 Å². The molecule has 0 aliphatic carbocycles. The average molecular weight is 222 g/mol. The highest BCUT2D eigenvalue weighted by molar-refractivity contribution is 7.91. The number of rotatable bonds is 6. The molecular weight excluding hydrogens is 204 g/mol. The zero-order chi connectivity index (χ0) is 11.2. The van der Waals surface area contributed by atoms with Crippen LogP contribution in [0, 0.1) is 5.92 Å². The molecule has 0 amide bonds. The van der Waals surface area contributed by atoms with Gasteiger partial charge >= 0.3 is 5.97 Å². The van der Waals surface area contributed by atoms with E-state index in [1.807, 2.05) is 13.8 Å². The number of carbonyl (C=O) groups excluding carboxylic acids is 1. The van der Waals surface area contributed by atoms with E-state index in [9.17, 15) is 13.2 Å². The Labute approximate surface area is 85.6 Å². The monoisotopic (exact) mass is 222 g/mol. The van der Waals surface area contributed by atoms with Crippen molar-refractivity contribution >= 4 is 15.8 Å². The van der Waals surface area contributed by atoms with Gasteiger partial charge in [-0.3, -0.25) is 4.79 Å². The van der Waals surface area contributed by atoms with Crippen molar-refractivity contribution in [2.45, 2.75) is 27.2 Å². The summed E-state index contributed by atoms with van der Waals surface area (Å²) >= 11 is 0. The minimum Gasteiger partial charge on any atom is -0.465 e. The van der Waals surface area contributed by atoms with E-state index >= 15 is 0 Å². The van der Waals surface area contributed by atoms with Crippen molar-refractivity contribution in [3.05, 3.63) is 0 Å². The van der Waals surface area contributed by atoms with Crippen LogP contribution in [0.1, 0.15) is 27.2 Å². The molecule has 0 radical (unpaired) electrons. The molecule has 0 unspecified atom stereocenters. The summed E-state index contributed by atoms with van der Waals surface area (Å²) in [6.07, 6.45) is 0.339. The molecule has 0 fully saturated rings. The van der Waals surface area contributed by atoms with Gasteiger partial charge in [0.1, 0.15) is 6.61 Å². The summed E-state index contributed by atoms with van der Waals surface area (Å²) in [4.78, 5) is 11.0. The standard InChI is InChI=1S/C9H18O4S/c1-4-14(11,12)6-5-13-9(10)7-8(2)3/h8H,4-7H2,1-3H3. The fraction of sp³-hybridized carbons (Fsp3) is 0.889. The first kappa shape index (κ1) is 13.4. The molecule has 0 saturated carbocycles. The summed E-state index contributed by atoms with van der Waals surface area (Å²) in [5, 5.41) is 0. The van der Waals surface area contributed by atoms with Gasteiger partial charge in [-0.15, -0.1) is 0 Å². The van der Waals surface area contributed by atoms with Crippen molar-refractivity contribution < 1.29 is 17.9 Å². The largest absolute Gasteiger partial charge is 0.465 e. The number of esters is 1. The Morgan fingerprint density at radius 2 is 1.93 bits per heavy atom. The fourth-order valence-corrected chi connectivity index (χ4v) is 1.45. The van der Waals surface area contributed by atoms with Crippen molar-refractivity contribution in [1.82, 2.24) is 0 Å². The van der Waals surface area contributed by atoms with E-state index in [1.54, 1.807) is 6.92 Å². The summed E-state index contributed by atoms with van der Waals surface area (Å²) in [5.41, 5.74) is 0. The van der Waals surface area contributed by atoms with Crippen LogP contribution < -0.4 is 0 Å². The minimum absolute atomic E-state index is 0.0261. The Kier molecular flexibility index (Phi) is 5.76. The molecule has 0 bridgehead atoms. The van der Waals surface area contributed by atoms with Crippen LogP contribution in [0.2, 0.25) is 0 Å². The summed E-state index contributed by atoms with van der Waals surface area (Å²) in [6, 6.07) is 0. The normalized spacial score (nSPS) is 11.7. The van der Waals surface area contributed by atoms with E-state index in [0.29, 0.717) is 6.42 Å². The van der Waals surface area contributed by atoms with Crippen molar-refractivity contribution in [1.29, 1.82) is 0 Å². The summed E-state index contributed by atoms with van der Waals surface area (Å²) in [7, 11) is -3.02. The molecular formula is C9H18O4S. The second-order valence-electron chi connectivity index (χ2n) is 3.55. The Balaban J connectivity index is 3.70. The van der Waals surface area contributed by atoms with Crippen LogP contribution in [0.3, 0.4) is 0 Å². The molecule has 0 saturated heterocycles. The van der Waals surface area contributed by atoms with Gasteiger partial charge in [0.2, 0.25) is 0 Å². The topological polar surface area (TPSA) is 60.4 Å². The molecule has 0 heterocycles. The molecule has 84 valence electrons. The molecule has 0 atom stereocenters. The van der Waals surface area contributed by atoms with E-state index in [1.165, 1.54) is 0 Å². The highest BCUT2D eigenvalue weighted by Gasteiger charge is 2.10. The molecule has 0 rings (SSSR count). The Hall–Kier alpha value is -0.580. The fourth-order valence-electron chi connectivity index (χ4n) is 0.819. The first-order valence-corrected chi connectivity index (χ1v) is 6.55. The molecule has 0 N–H and O–H groups in total. The van der Waals surface area contributed by atoms with E-state index in [4.69, 9.17) is 4.74 Å². The maximum atomic E-state index is 11.0. The molecule has 0 aromatic heterocycles. The zero-order valence-electron chi connectivity index (χ0n) is 8.95. The quantitative estimate of drug-likeness (QED) is 0.629. The third-order valence-electron chi connectivity index (χ3n) is 1.67. The van der Waals surface area contributed by atoms with Crippen molar-refractivity contribution in [2.75, 3.05) is 18.1 Å². The smallest absolute Gasteiger partial charge is 0.306 e. The third kappa shape index (κ3) is 6.88. The van der Waals surface area contributed by atoms with Gasteiger partial charge in [-0.2, -0.15) is 0 Å². The SMILES string of the molecule is CCS(=O)(=O)CCOC(=O)CC(C)C. The van der Waals surface area contributed by atoms with Crippen LogP contribution in [0.25, 0.3) is 0 Å². The molecule has 0 spiro atoms. The van der Waals surface area contributed by atoms with Crippen LogP contribution in [-0.4, -0.2) is 32.5 Å². The van der Waals surface area contributed by atoms with Crippen molar-refractivity contribution in [3.63, 3.8) is 0 Å². The lowest BCUT2D eigenvalue weighted by molar-refractivity contribution is -0.143. The number of carbonyl (C=O) groups is 1. The molecule has 14 heavy (non-hydrogen) atoms. The molecule has 0 aliphatic heterocycles. The summed E-state index contributed by atoms with van der Waals surface area (Å²) < 4.78 is 26.8. The van der Waals surface area contributed by atoms with Gasteiger partial charge in [0.05, 0.1) is 5.75 Å². The Morgan fingerprint density at radius 3 is 2.36 bits per heavy atom.